The molecule has 2 rings (SSSR count). The second-order valence-corrected chi connectivity index (χ2v) is 4.31. The summed E-state index contributed by atoms with van der Waals surface area (Å²) in [5, 5.41) is 0. The van der Waals surface area contributed by atoms with Crippen LogP contribution in [0.1, 0.15) is 35.6 Å². The van der Waals surface area contributed by atoms with Gasteiger partial charge >= 0.3 is 0 Å². The van der Waals surface area contributed by atoms with Gasteiger partial charge in [0.25, 0.3) is 0 Å². The molecule has 2 heterocycles. The van der Waals surface area contributed by atoms with Crippen molar-refractivity contribution in [2.75, 3.05) is 13.6 Å². The Balaban J connectivity index is 2.36. The lowest BCUT2D eigenvalue weighted by Gasteiger charge is -2.21. The summed E-state index contributed by atoms with van der Waals surface area (Å²) in [6.07, 6.45) is 6.58. The van der Waals surface area contributed by atoms with E-state index in [-0.39, 0.29) is 0 Å². The summed E-state index contributed by atoms with van der Waals surface area (Å²) in [6, 6.07) is 0.599. The SMILES string of the molecule is Cc1cncc([C@H]2CCCN2C)c1C. The minimum Gasteiger partial charge on any atom is -0.299 e. The standard InChI is InChI=1S/C12H18N2/c1-9-7-13-8-11(10(9)2)12-5-4-6-14(12)3/h7-8,12H,4-6H2,1-3H3/t12-/m1/s1. The van der Waals surface area contributed by atoms with Crippen molar-refractivity contribution in [3.8, 4) is 0 Å². The third-order valence-corrected chi connectivity index (χ3v) is 3.39. The Bertz CT molecular complexity index is 333. The van der Waals surface area contributed by atoms with Crippen LogP contribution in [-0.2, 0) is 0 Å². The molecule has 76 valence electrons. The van der Waals surface area contributed by atoms with Crippen molar-refractivity contribution < 1.29 is 0 Å². The molecule has 1 aromatic rings. The third kappa shape index (κ3) is 1.55. The van der Waals surface area contributed by atoms with E-state index in [1.54, 1.807) is 0 Å². The summed E-state index contributed by atoms with van der Waals surface area (Å²) >= 11 is 0. The van der Waals surface area contributed by atoms with E-state index in [0.717, 1.165) is 0 Å². The summed E-state index contributed by atoms with van der Waals surface area (Å²) in [4.78, 5) is 6.73. The maximum atomic E-state index is 4.30. The van der Waals surface area contributed by atoms with Crippen molar-refractivity contribution in [1.29, 1.82) is 0 Å². The van der Waals surface area contributed by atoms with Gasteiger partial charge in [0.1, 0.15) is 0 Å². The van der Waals surface area contributed by atoms with Gasteiger partial charge in [0.05, 0.1) is 0 Å². The van der Waals surface area contributed by atoms with Gasteiger partial charge in [-0.3, -0.25) is 9.88 Å². The monoisotopic (exact) mass is 190 g/mol. The molecular formula is C12H18N2. The fourth-order valence-electron chi connectivity index (χ4n) is 2.29. The minimum atomic E-state index is 0.599. The molecule has 0 amide bonds. The van der Waals surface area contributed by atoms with Gasteiger partial charge in [0.2, 0.25) is 0 Å². The average Bonchev–Trinajstić information content (AvgIpc) is 2.57. The van der Waals surface area contributed by atoms with Crippen LogP contribution >= 0.6 is 0 Å². The Morgan fingerprint density at radius 1 is 1.36 bits per heavy atom. The molecule has 1 aromatic heterocycles. The first-order chi connectivity index (χ1) is 6.70. The lowest BCUT2D eigenvalue weighted by molar-refractivity contribution is 0.316. The topological polar surface area (TPSA) is 16.1 Å². The second-order valence-electron chi connectivity index (χ2n) is 4.31. The predicted molar refractivity (Wildman–Crippen MR) is 58.3 cm³/mol. The molecule has 0 saturated carbocycles. The molecule has 1 atom stereocenters. The molecule has 0 N–H and O–H groups in total. The molecule has 0 unspecified atom stereocenters. The molecule has 0 aromatic carbocycles. The normalized spacial score (nSPS) is 22.9. The molecule has 2 nitrogen and oxygen atoms in total. The van der Waals surface area contributed by atoms with Gasteiger partial charge < -0.3 is 0 Å². The molecule has 1 saturated heterocycles. The first kappa shape index (κ1) is 9.66. The number of nitrogens with zero attached hydrogens (tertiary/aromatic N) is 2. The van der Waals surface area contributed by atoms with Gasteiger partial charge in [-0.1, -0.05) is 0 Å². The highest BCUT2D eigenvalue weighted by Gasteiger charge is 2.24. The molecule has 0 bridgehead atoms. The average molecular weight is 190 g/mol. The zero-order valence-corrected chi connectivity index (χ0v) is 9.25. The van der Waals surface area contributed by atoms with Crippen molar-refractivity contribution in [3.63, 3.8) is 0 Å². The summed E-state index contributed by atoms with van der Waals surface area (Å²) in [5.74, 6) is 0. The Kier molecular flexibility index (Phi) is 2.55. The van der Waals surface area contributed by atoms with Gasteiger partial charge in [-0.25, -0.2) is 0 Å². The summed E-state index contributed by atoms with van der Waals surface area (Å²) in [6.45, 7) is 5.57. The van der Waals surface area contributed by atoms with Crippen LogP contribution in [-0.4, -0.2) is 23.5 Å². The molecule has 2 heteroatoms. The van der Waals surface area contributed by atoms with E-state index >= 15 is 0 Å². The van der Waals surface area contributed by atoms with Crippen molar-refractivity contribution >= 4 is 0 Å². The lowest BCUT2D eigenvalue weighted by Crippen LogP contribution is -2.18. The highest BCUT2D eigenvalue weighted by atomic mass is 15.1. The fourth-order valence-corrected chi connectivity index (χ4v) is 2.29. The molecule has 14 heavy (non-hydrogen) atoms. The van der Waals surface area contributed by atoms with E-state index in [2.05, 4.69) is 30.8 Å². The highest BCUT2D eigenvalue weighted by Crippen LogP contribution is 2.32. The van der Waals surface area contributed by atoms with Gasteiger partial charge in [-0.15, -0.1) is 0 Å². The van der Waals surface area contributed by atoms with Gasteiger partial charge in [0.15, 0.2) is 0 Å². The summed E-state index contributed by atoms with van der Waals surface area (Å²) in [5.41, 5.74) is 4.14. The van der Waals surface area contributed by atoms with Crippen LogP contribution in [0.15, 0.2) is 12.4 Å². The van der Waals surface area contributed by atoms with Gasteiger partial charge in [-0.2, -0.15) is 0 Å². The largest absolute Gasteiger partial charge is 0.299 e. The molecule has 1 fully saturated rings. The number of aryl methyl sites for hydroxylation is 1. The molecule has 1 aliphatic heterocycles. The Labute approximate surface area is 86.0 Å². The first-order valence-corrected chi connectivity index (χ1v) is 5.31. The second kappa shape index (κ2) is 3.70. The van der Waals surface area contributed by atoms with E-state index in [1.165, 1.54) is 36.1 Å². The number of likely N-dealkylation sites (tertiary alicyclic amines) is 1. The fraction of sp³-hybridized carbons (Fsp3) is 0.583. The molecular weight excluding hydrogens is 172 g/mol. The van der Waals surface area contributed by atoms with Crippen LogP contribution < -0.4 is 0 Å². The zero-order chi connectivity index (χ0) is 10.1. The van der Waals surface area contributed by atoms with Crippen molar-refractivity contribution in [3.05, 3.63) is 29.1 Å². The Hall–Kier alpha value is -0.890. The maximum Gasteiger partial charge on any atom is 0.0363 e. The van der Waals surface area contributed by atoms with E-state index in [0.29, 0.717) is 6.04 Å². The van der Waals surface area contributed by atoms with Gasteiger partial charge in [0, 0.05) is 18.4 Å². The van der Waals surface area contributed by atoms with Crippen LogP contribution in [0.2, 0.25) is 0 Å². The molecule has 1 aliphatic rings. The van der Waals surface area contributed by atoms with Gasteiger partial charge in [-0.05, 0) is 57.0 Å². The van der Waals surface area contributed by atoms with E-state index < -0.39 is 0 Å². The Morgan fingerprint density at radius 3 is 2.79 bits per heavy atom. The van der Waals surface area contributed by atoms with Crippen LogP contribution in [0, 0.1) is 13.8 Å². The minimum absolute atomic E-state index is 0.599. The van der Waals surface area contributed by atoms with Crippen molar-refractivity contribution in [2.45, 2.75) is 32.7 Å². The van der Waals surface area contributed by atoms with Crippen molar-refractivity contribution in [2.24, 2.45) is 0 Å². The molecule has 0 aliphatic carbocycles. The van der Waals surface area contributed by atoms with E-state index in [4.69, 9.17) is 0 Å². The Morgan fingerprint density at radius 2 is 2.14 bits per heavy atom. The predicted octanol–water partition coefficient (Wildman–Crippen LogP) is 2.47. The maximum absolute atomic E-state index is 4.30. The number of rotatable bonds is 1. The van der Waals surface area contributed by atoms with Crippen molar-refractivity contribution in [1.82, 2.24) is 9.88 Å². The zero-order valence-electron chi connectivity index (χ0n) is 9.25. The van der Waals surface area contributed by atoms with Crippen LogP contribution in [0.4, 0.5) is 0 Å². The third-order valence-electron chi connectivity index (χ3n) is 3.39. The van der Waals surface area contributed by atoms with E-state index in [1.807, 2.05) is 12.4 Å². The van der Waals surface area contributed by atoms with Crippen LogP contribution in [0.25, 0.3) is 0 Å². The smallest absolute Gasteiger partial charge is 0.0363 e. The first-order valence-electron chi connectivity index (χ1n) is 5.31. The molecule has 0 radical (unpaired) electrons. The van der Waals surface area contributed by atoms with E-state index in [9.17, 15) is 0 Å². The number of hydrogen-bond acceptors (Lipinski definition) is 2. The van der Waals surface area contributed by atoms with Crippen LogP contribution in [0.5, 0.6) is 0 Å². The highest BCUT2D eigenvalue weighted by molar-refractivity contribution is 5.32. The quantitative estimate of drug-likeness (QED) is 0.676. The number of pyridine rings is 1. The summed E-state index contributed by atoms with van der Waals surface area (Å²) < 4.78 is 0. The number of hydrogen-bond donors (Lipinski definition) is 0. The molecule has 0 spiro atoms. The summed E-state index contributed by atoms with van der Waals surface area (Å²) in [7, 11) is 2.21. The van der Waals surface area contributed by atoms with Crippen LogP contribution in [0.3, 0.4) is 0 Å². The lowest BCUT2D eigenvalue weighted by atomic mass is 9.99. The number of aromatic nitrogens is 1.